The molecule has 1 aliphatic rings. The van der Waals surface area contributed by atoms with Gasteiger partial charge in [-0.2, -0.15) is 0 Å². The van der Waals surface area contributed by atoms with Crippen LogP contribution in [0.5, 0.6) is 0 Å². The normalized spacial score (nSPS) is 13.3. The van der Waals surface area contributed by atoms with Crippen molar-refractivity contribution in [1.29, 1.82) is 0 Å². The molecule has 7 heteroatoms. The number of carbonyl (C=O) groups is 2. The van der Waals surface area contributed by atoms with Crippen molar-refractivity contribution in [2.45, 2.75) is 19.8 Å². The number of carbonyl (C=O) groups excluding carboxylic acids is 2. The predicted molar refractivity (Wildman–Crippen MR) is 109 cm³/mol. The van der Waals surface area contributed by atoms with E-state index in [1.165, 1.54) is 5.56 Å². The van der Waals surface area contributed by atoms with E-state index >= 15 is 0 Å². The number of amides is 2. The molecular formula is C21H20ClN3O3. The number of hydrazine groups is 1. The first-order valence-corrected chi connectivity index (χ1v) is 9.51. The summed E-state index contributed by atoms with van der Waals surface area (Å²) in [4.78, 5) is 26.8. The third-order valence-corrected chi connectivity index (χ3v) is 5.20. The van der Waals surface area contributed by atoms with Crippen LogP contribution in [0.25, 0.3) is 11.0 Å². The number of nitrogens with zero attached hydrogens (tertiary/aromatic N) is 1. The minimum absolute atomic E-state index is 0.154. The molecule has 1 aromatic heterocycles. The summed E-state index contributed by atoms with van der Waals surface area (Å²) >= 11 is 6.01. The molecule has 1 aliphatic heterocycles. The van der Waals surface area contributed by atoms with Gasteiger partial charge >= 0.3 is 5.91 Å². The third kappa shape index (κ3) is 3.55. The standard InChI is InChI=1S/C21H20ClN3O3/c1-13-16-11-15(22)8-9-18(16)28-20(13)21(27)24-23-19(26)12-25-10-4-6-14-5-2-3-7-17(14)25/h2-3,5,7-9,11H,4,6,10,12H2,1H3,(H,23,26)(H,24,27). The number of anilines is 1. The number of hydrogen-bond donors (Lipinski definition) is 2. The monoisotopic (exact) mass is 397 g/mol. The Balaban J connectivity index is 1.40. The molecule has 28 heavy (non-hydrogen) atoms. The molecule has 2 aromatic carbocycles. The van der Waals surface area contributed by atoms with E-state index in [4.69, 9.17) is 16.0 Å². The van der Waals surface area contributed by atoms with E-state index in [1.807, 2.05) is 23.1 Å². The fraction of sp³-hybridized carbons (Fsp3) is 0.238. The van der Waals surface area contributed by atoms with Gasteiger partial charge in [-0.25, -0.2) is 0 Å². The van der Waals surface area contributed by atoms with Crippen molar-refractivity contribution in [3.05, 3.63) is 64.4 Å². The van der Waals surface area contributed by atoms with Crippen molar-refractivity contribution in [2.75, 3.05) is 18.0 Å². The highest BCUT2D eigenvalue weighted by Crippen LogP contribution is 2.28. The van der Waals surface area contributed by atoms with Crippen LogP contribution < -0.4 is 15.8 Å². The number of furan rings is 1. The SMILES string of the molecule is Cc1c(C(=O)NNC(=O)CN2CCCc3ccccc32)oc2ccc(Cl)cc12. The Labute approximate surface area is 167 Å². The van der Waals surface area contributed by atoms with E-state index in [0.717, 1.165) is 30.5 Å². The van der Waals surface area contributed by atoms with E-state index in [1.54, 1.807) is 25.1 Å². The summed E-state index contributed by atoms with van der Waals surface area (Å²) < 4.78 is 5.61. The average Bonchev–Trinajstić information content (AvgIpc) is 3.02. The lowest BCUT2D eigenvalue weighted by atomic mass is 10.0. The van der Waals surface area contributed by atoms with E-state index < -0.39 is 5.91 Å². The second-order valence-electron chi connectivity index (χ2n) is 6.85. The number of aryl methyl sites for hydroxylation is 2. The van der Waals surface area contributed by atoms with Crippen LogP contribution in [0.2, 0.25) is 5.02 Å². The number of benzene rings is 2. The molecule has 0 unspecified atom stereocenters. The lowest BCUT2D eigenvalue weighted by molar-refractivity contribution is -0.120. The molecule has 2 amide bonds. The van der Waals surface area contributed by atoms with E-state index in [-0.39, 0.29) is 18.2 Å². The van der Waals surface area contributed by atoms with Crippen molar-refractivity contribution < 1.29 is 14.0 Å². The van der Waals surface area contributed by atoms with Crippen LogP contribution in [-0.2, 0) is 11.2 Å². The van der Waals surface area contributed by atoms with Crippen molar-refractivity contribution in [2.24, 2.45) is 0 Å². The van der Waals surface area contributed by atoms with Crippen molar-refractivity contribution >= 4 is 40.1 Å². The van der Waals surface area contributed by atoms with Crippen LogP contribution >= 0.6 is 11.6 Å². The van der Waals surface area contributed by atoms with Crippen molar-refractivity contribution in [1.82, 2.24) is 10.9 Å². The molecule has 0 fully saturated rings. The summed E-state index contributed by atoms with van der Waals surface area (Å²) in [6.45, 7) is 2.76. The zero-order valence-electron chi connectivity index (χ0n) is 15.4. The molecule has 0 atom stereocenters. The van der Waals surface area contributed by atoms with Gasteiger partial charge in [-0.3, -0.25) is 20.4 Å². The average molecular weight is 398 g/mol. The lowest BCUT2D eigenvalue weighted by Gasteiger charge is -2.30. The fourth-order valence-corrected chi connectivity index (χ4v) is 3.75. The molecule has 0 spiro atoms. The zero-order chi connectivity index (χ0) is 19.7. The van der Waals surface area contributed by atoms with Crippen molar-refractivity contribution in [3.63, 3.8) is 0 Å². The van der Waals surface area contributed by atoms with Crippen molar-refractivity contribution in [3.8, 4) is 0 Å². The van der Waals surface area contributed by atoms with Gasteiger partial charge in [0, 0.05) is 28.2 Å². The molecule has 0 aliphatic carbocycles. The summed E-state index contributed by atoms with van der Waals surface area (Å²) in [5, 5.41) is 1.34. The van der Waals surface area contributed by atoms with Gasteiger partial charge in [-0.1, -0.05) is 29.8 Å². The number of halogens is 1. The quantitative estimate of drug-likeness (QED) is 0.662. The largest absolute Gasteiger partial charge is 0.451 e. The number of fused-ring (bicyclic) bond motifs is 2. The van der Waals surface area contributed by atoms with Gasteiger partial charge < -0.3 is 9.32 Å². The van der Waals surface area contributed by atoms with Gasteiger partial charge in [0.05, 0.1) is 6.54 Å². The lowest BCUT2D eigenvalue weighted by Crippen LogP contribution is -2.47. The molecule has 6 nitrogen and oxygen atoms in total. The second kappa shape index (κ2) is 7.56. The molecule has 0 saturated heterocycles. The summed E-state index contributed by atoms with van der Waals surface area (Å²) in [7, 11) is 0. The number of hydrogen-bond acceptors (Lipinski definition) is 4. The Morgan fingerprint density at radius 1 is 1.18 bits per heavy atom. The molecule has 0 saturated carbocycles. The minimum Gasteiger partial charge on any atom is -0.451 e. The Kier molecular flexibility index (Phi) is 4.96. The molecule has 0 bridgehead atoms. The van der Waals surface area contributed by atoms with E-state index in [0.29, 0.717) is 16.2 Å². The number of para-hydroxylation sites is 1. The first-order valence-electron chi connectivity index (χ1n) is 9.13. The van der Waals surface area contributed by atoms with Crippen LogP contribution in [-0.4, -0.2) is 24.9 Å². The fourth-order valence-electron chi connectivity index (χ4n) is 3.58. The summed E-state index contributed by atoms with van der Waals surface area (Å²) in [6, 6.07) is 13.2. The van der Waals surface area contributed by atoms with Gasteiger partial charge in [0.15, 0.2) is 5.76 Å². The van der Waals surface area contributed by atoms with Gasteiger partial charge in [-0.05, 0) is 49.6 Å². The molecular weight excluding hydrogens is 378 g/mol. The van der Waals surface area contributed by atoms with Gasteiger partial charge in [0.2, 0.25) is 0 Å². The van der Waals surface area contributed by atoms with E-state index in [2.05, 4.69) is 16.9 Å². The second-order valence-corrected chi connectivity index (χ2v) is 7.29. The van der Waals surface area contributed by atoms with Gasteiger partial charge in [0.25, 0.3) is 5.91 Å². The summed E-state index contributed by atoms with van der Waals surface area (Å²) in [6.07, 6.45) is 2.01. The highest BCUT2D eigenvalue weighted by molar-refractivity contribution is 6.31. The highest BCUT2D eigenvalue weighted by Gasteiger charge is 2.21. The van der Waals surface area contributed by atoms with Gasteiger partial charge in [0.1, 0.15) is 5.58 Å². The summed E-state index contributed by atoms with van der Waals surface area (Å²) in [5.74, 6) is -0.639. The van der Waals surface area contributed by atoms with E-state index in [9.17, 15) is 9.59 Å². The topological polar surface area (TPSA) is 74.6 Å². The Bertz CT molecular complexity index is 1060. The molecule has 0 radical (unpaired) electrons. The first kappa shape index (κ1) is 18.4. The molecule has 144 valence electrons. The van der Waals surface area contributed by atoms with Crippen LogP contribution in [0.4, 0.5) is 5.69 Å². The minimum atomic E-state index is -0.503. The maximum atomic E-state index is 12.4. The molecule has 4 rings (SSSR count). The maximum Gasteiger partial charge on any atom is 0.305 e. The smallest absolute Gasteiger partial charge is 0.305 e. The Morgan fingerprint density at radius 3 is 2.86 bits per heavy atom. The predicted octanol–water partition coefficient (Wildman–Crippen LogP) is 3.61. The van der Waals surface area contributed by atoms with Crippen LogP contribution in [0, 0.1) is 6.92 Å². The maximum absolute atomic E-state index is 12.4. The zero-order valence-corrected chi connectivity index (χ0v) is 16.2. The molecule has 3 aromatic rings. The van der Waals surface area contributed by atoms with Crippen LogP contribution in [0.3, 0.4) is 0 Å². The highest BCUT2D eigenvalue weighted by atomic mass is 35.5. The van der Waals surface area contributed by atoms with Crippen LogP contribution in [0.15, 0.2) is 46.9 Å². The van der Waals surface area contributed by atoms with Crippen LogP contribution in [0.1, 0.15) is 28.1 Å². The van der Waals surface area contributed by atoms with Gasteiger partial charge in [-0.15, -0.1) is 0 Å². The summed E-state index contributed by atoms with van der Waals surface area (Å²) in [5.41, 5.74) is 8.47. The number of rotatable bonds is 3. The molecule has 2 N–H and O–H groups in total. The first-order chi connectivity index (χ1) is 13.5. The Hall–Kier alpha value is -2.99. The Morgan fingerprint density at radius 2 is 2.00 bits per heavy atom. The third-order valence-electron chi connectivity index (χ3n) is 4.96. The molecule has 2 heterocycles. The number of nitrogens with one attached hydrogen (secondary N) is 2.